The van der Waals surface area contributed by atoms with E-state index < -0.39 is 0 Å². The van der Waals surface area contributed by atoms with Gasteiger partial charge in [0.15, 0.2) is 0 Å². The molecule has 4 rings (SSSR count). The van der Waals surface area contributed by atoms with Crippen LogP contribution in [-0.4, -0.2) is 15.3 Å². The zero-order chi connectivity index (χ0) is 20.2. The molecule has 0 aromatic heterocycles. The summed E-state index contributed by atoms with van der Waals surface area (Å²) >= 11 is 0. The minimum Gasteiger partial charge on any atom is -0.508 e. The van der Waals surface area contributed by atoms with Crippen LogP contribution in [-0.2, 0) is 12.8 Å². The Morgan fingerprint density at radius 2 is 1.17 bits per heavy atom. The molecule has 0 heterocycles. The van der Waals surface area contributed by atoms with E-state index in [1.807, 2.05) is 24.3 Å². The predicted molar refractivity (Wildman–Crippen MR) is 116 cm³/mol. The summed E-state index contributed by atoms with van der Waals surface area (Å²) in [5.74, 6) is 1.37. The number of phenols is 3. The highest BCUT2D eigenvalue weighted by molar-refractivity contribution is 5.49. The minimum absolute atomic E-state index is 0.252. The van der Waals surface area contributed by atoms with Gasteiger partial charge in [0.1, 0.15) is 17.2 Å². The summed E-state index contributed by atoms with van der Waals surface area (Å²) < 4.78 is 0. The van der Waals surface area contributed by atoms with Gasteiger partial charge in [0, 0.05) is 6.42 Å². The van der Waals surface area contributed by atoms with E-state index in [1.165, 1.54) is 24.8 Å². The smallest absolute Gasteiger partial charge is 0.122 e. The van der Waals surface area contributed by atoms with Crippen LogP contribution in [0.4, 0.5) is 0 Å². The molecule has 0 spiro atoms. The Bertz CT molecular complexity index is 952. The lowest BCUT2D eigenvalue weighted by Crippen LogP contribution is -2.07. The number of phenolic OH excluding ortho intramolecular Hbond substituents is 3. The highest BCUT2D eigenvalue weighted by Gasteiger charge is 2.21. The molecule has 0 amide bonds. The number of rotatable bonds is 5. The van der Waals surface area contributed by atoms with E-state index in [4.69, 9.17) is 0 Å². The van der Waals surface area contributed by atoms with Crippen molar-refractivity contribution in [2.75, 3.05) is 0 Å². The van der Waals surface area contributed by atoms with Crippen molar-refractivity contribution in [3.8, 4) is 17.2 Å². The van der Waals surface area contributed by atoms with Crippen molar-refractivity contribution in [3.63, 3.8) is 0 Å². The third-order valence-corrected chi connectivity index (χ3v) is 6.00. The summed E-state index contributed by atoms with van der Waals surface area (Å²) in [6.45, 7) is 0. The summed E-state index contributed by atoms with van der Waals surface area (Å²) in [6, 6.07) is 18.8. The molecule has 0 unspecified atom stereocenters. The zero-order valence-electron chi connectivity index (χ0n) is 16.6. The van der Waals surface area contributed by atoms with Gasteiger partial charge in [-0.25, -0.2) is 0 Å². The van der Waals surface area contributed by atoms with Crippen LogP contribution in [0, 0.1) is 0 Å². The van der Waals surface area contributed by atoms with Crippen LogP contribution < -0.4 is 0 Å². The van der Waals surface area contributed by atoms with E-state index >= 15 is 0 Å². The van der Waals surface area contributed by atoms with E-state index in [2.05, 4.69) is 12.1 Å². The highest BCUT2D eigenvalue weighted by atomic mass is 16.3. The zero-order valence-corrected chi connectivity index (χ0v) is 16.6. The van der Waals surface area contributed by atoms with Gasteiger partial charge >= 0.3 is 0 Å². The normalized spacial score (nSPS) is 14.8. The van der Waals surface area contributed by atoms with Crippen molar-refractivity contribution < 1.29 is 15.3 Å². The molecular formula is C26H28O3. The molecule has 1 fully saturated rings. The average Bonchev–Trinajstić information content (AvgIpc) is 2.74. The van der Waals surface area contributed by atoms with Gasteiger partial charge in [-0.1, -0.05) is 55.7 Å². The van der Waals surface area contributed by atoms with Gasteiger partial charge in [-0.15, -0.1) is 0 Å². The molecule has 29 heavy (non-hydrogen) atoms. The minimum atomic E-state index is 0.252. The molecule has 0 radical (unpaired) electrons. The van der Waals surface area contributed by atoms with E-state index in [9.17, 15) is 15.3 Å². The van der Waals surface area contributed by atoms with Crippen molar-refractivity contribution in [1.82, 2.24) is 0 Å². The second-order valence-electron chi connectivity index (χ2n) is 8.21. The van der Waals surface area contributed by atoms with Crippen molar-refractivity contribution in [2.45, 2.75) is 50.9 Å². The lowest BCUT2D eigenvalue weighted by Gasteiger charge is -2.25. The molecule has 3 nitrogen and oxygen atoms in total. The molecule has 3 heteroatoms. The molecule has 1 aliphatic rings. The summed E-state index contributed by atoms with van der Waals surface area (Å²) in [5, 5.41) is 30.2. The van der Waals surface area contributed by atoms with Crippen molar-refractivity contribution >= 4 is 0 Å². The van der Waals surface area contributed by atoms with Crippen LogP contribution in [0.15, 0.2) is 60.7 Å². The molecule has 1 aliphatic carbocycles. The molecule has 3 aromatic rings. The second kappa shape index (κ2) is 8.60. The van der Waals surface area contributed by atoms with E-state index in [-0.39, 0.29) is 11.5 Å². The second-order valence-corrected chi connectivity index (χ2v) is 8.21. The Labute approximate surface area is 172 Å². The maximum atomic E-state index is 11.1. The number of benzene rings is 3. The van der Waals surface area contributed by atoms with Crippen molar-refractivity contribution in [3.05, 3.63) is 88.5 Å². The Hall–Kier alpha value is -2.94. The first-order valence-corrected chi connectivity index (χ1v) is 10.5. The first-order valence-electron chi connectivity index (χ1n) is 10.5. The Balaban J connectivity index is 1.69. The SMILES string of the molecule is Oc1ccc(Cc2cc(Cc3ccc(O)cc3)c(O)c(C3CCCCC3)c2)cc1. The number of hydrogen-bond acceptors (Lipinski definition) is 3. The van der Waals surface area contributed by atoms with Crippen LogP contribution in [0.5, 0.6) is 17.2 Å². The summed E-state index contributed by atoms with van der Waals surface area (Å²) in [4.78, 5) is 0. The van der Waals surface area contributed by atoms with Crippen LogP contribution >= 0.6 is 0 Å². The molecule has 3 N–H and O–H groups in total. The monoisotopic (exact) mass is 388 g/mol. The van der Waals surface area contributed by atoms with E-state index in [1.54, 1.807) is 24.3 Å². The molecule has 150 valence electrons. The van der Waals surface area contributed by atoms with E-state index in [0.29, 0.717) is 18.1 Å². The van der Waals surface area contributed by atoms with Gasteiger partial charge in [-0.05, 0) is 77.3 Å². The lowest BCUT2D eigenvalue weighted by atomic mass is 9.81. The third-order valence-electron chi connectivity index (χ3n) is 6.00. The quantitative estimate of drug-likeness (QED) is 0.500. The Kier molecular flexibility index (Phi) is 5.75. The maximum absolute atomic E-state index is 11.1. The first kappa shape index (κ1) is 19.4. The average molecular weight is 389 g/mol. The number of aromatic hydroxyl groups is 3. The summed E-state index contributed by atoms with van der Waals surface area (Å²) in [6.07, 6.45) is 7.39. The fourth-order valence-corrected chi connectivity index (χ4v) is 4.43. The summed E-state index contributed by atoms with van der Waals surface area (Å²) in [7, 11) is 0. The maximum Gasteiger partial charge on any atom is 0.122 e. The Morgan fingerprint density at radius 1 is 0.621 bits per heavy atom. The molecular weight excluding hydrogens is 360 g/mol. The molecule has 0 saturated heterocycles. The molecule has 0 aliphatic heterocycles. The van der Waals surface area contributed by atoms with Gasteiger partial charge in [0.25, 0.3) is 0 Å². The van der Waals surface area contributed by atoms with Gasteiger partial charge in [0.2, 0.25) is 0 Å². The Morgan fingerprint density at radius 3 is 1.76 bits per heavy atom. The van der Waals surface area contributed by atoms with Gasteiger partial charge in [0.05, 0.1) is 0 Å². The van der Waals surface area contributed by atoms with Gasteiger partial charge in [-0.2, -0.15) is 0 Å². The van der Waals surface area contributed by atoms with Crippen LogP contribution in [0.25, 0.3) is 0 Å². The lowest BCUT2D eigenvalue weighted by molar-refractivity contribution is 0.411. The molecule has 3 aromatic carbocycles. The van der Waals surface area contributed by atoms with Crippen LogP contribution in [0.3, 0.4) is 0 Å². The van der Waals surface area contributed by atoms with Gasteiger partial charge < -0.3 is 15.3 Å². The first-order chi connectivity index (χ1) is 14.1. The van der Waals surface area contributed by atoms with Crippen molar-refractivity contribution in [2.24, 2.45) is 0 Å². The van der Waals surface area contributed by atoms with Gasteiger partial charge in [-0.3, -0.25) is 0 Å². The standard InChI is InChI=1S/C26H28O3/c27-23-10-6-18(7-11-23)14-20-16-22(15-19-8-12-24(28)13-9-19)26(29)25(17-20)21-4-2-1-3-5-21/h6-13,16-17,21,27-29H,1-5,14-15H2. The highest BCUT2D eigenvalue weighted by Crippen LogP contribution is 2.40. The third kappa shape index (κ3) is 4.73. The molecule has 1 saturated carbocycles. The largest absolute Gasteiger partial charge is 0.508 e. The molecule has 0 atom stereocenters. The van der Waals surface area contributed by atoms with Crippen molar-refractivity contribution in [1.29, 1.82) is 0 Å². The molecule has 0 bridgehead atoms. The fraction of sp³-hybridized carbons (Fsp3) is 0.308. The van der Waals surface area contributed by atoms with Crippen LogP contribution in [0.1, 0.15) is 65.8 Å². The fourth-order valence-electron chi connectivity index (χ4n) is 4.43. The summed E-state index contributed by atoms with van der Waals surface area (Å²) in [5.41, 5.74) is 5.40. The predicted octanol–water partition coefficient (Wildman–Crippen LogP) is 6.03. The van der Waals surface area contributed by atoms with E-state index in [0.717, 1.165) is 41.5 Å². The van der Waals surface area contributed by atoms with Crippen LogP contribution in [0.2, 0.25) is 0 Å². The topological polar surface area (TPSA) is 60.7 Å². The number of hydrogen-bond donors (Lipinski definition) is 3.